The molecule has 1 atom stereocenters. The zero-order chi connectivity index (χ0) is 17.3. The summed E-state index contributed by atoms with van der Waals surface area (Å²) in [5.74, 6) is 1.24. The van der Waals surface area contributed by atoms with Crippen molar-refractivity contribution < 1.29 is 20.1 Å². The van der Waals surface area contributed by atoms with Crippen LogP contribution in [0.4, 0.5) is 11.4 Å². The van der Waals surface area contributed by atoms with E-state index in [4.69, 9.17) is 37.3 Å². The molecule has 0 saturated heterocycles. The third kappa shape index (κ3) is 6.70. The lowest BCUT2D eigenvalue weighted by Gasteiger charge is -2.20. The molecule has 2 aromatic rings. The first kappa shape index (κ1) is 22.1. The highest BCUT2D eigenvalue weighted by molar-refractivity contribution is 6.92. The van der Waals surface area contributed by atoms with E-state index in [2.05, 4.69) is 0 Å². The van der Waals surface area contributed by atoms with Gasteiger partial charge in [0.15, 0.2) is 0 Å². The van der Waals surface area contributed by atoms with Crippen LogP contribution in [-0.4, -0.2) is 40.7 Å². The second-order valence-electron chi connectivity index (χ2n) is 5.01. The van der Waals surface area contributed by atoms with E-state index >= 15 is 0 Å². The van der Waals surface area contributed by atoms with Crippen molar-refractivity contribution in [3.05, 3.63) is 48.5 Å². The second kappa shape index (κ2) is 10.8. The summed E-state index contributed by atoms with van der Waals surface area (Å²) in [7, 11) is 0. The van der Waals surface area contributed by atoms with Crippen LogP contribution in [0, 0.1) is 0 Å². The second-order valence-corrected chi connectivity index (χ2v) is 5.01. The van der Waals surface area contributed by atoms with Crippen LogP contribution in [0.1, 0.15) is 0 Å². The van der Waals surface area contributed by atoms with Gasteiger partial charge in [0.05, 0.1) is 36.7 Å². The molecule has 0 saturated carbocycles. The van der Waals surface area contributed by atoms with E-state index in [0.29, 0.717) is 22.9 Å². The standard InChI is InChI=1S/C12H12N2O.C4H11NO3.H3P/c13-9-5-1-3-7-11(9)15-12-8-4-2-6-10(12)14;5-4(1-6,2-7)3-8;/h1-8H,13-14H2;6-8H,1-3,5H2;1H3. The smallest absolute Gasteiger partial charge is 0.150 e. The number of hydrogen-bond donors (Lipinski definition) is 6. The lowest BCUT2D eigenvalue weighted by Crippen LogP contribution is -2.50. The summed E-state index contributed by atoms with van der Waals surface area (Å²) in [6, 6.07) is 14.6. The molecule has 9 N–H and O–H groups in total. The Morgan fingerprint density at radius 1 is 0.750 bits per heavy atom. The summed E-state index contributed by atoms with van der Waals surface area (Å²) in [6.07, 6.45) is 0. The number of nitrogen functional groups attached to an aromatic ring is 2. The number of benzene rings is 2. The largest absolute Gasteiger partial charge is 0.453 e. The Balaban J connectivity index is 0.000000510. The van der Waals surface area contributed by atoms with Crippen LogP contribution in [0.3, 0.4) is 0 Å². The average molecular weight is 355 g/mol. The van der Waals surface area contributed by atoms with Crippen molar-refractivity contribution in [3.63, 3.8) is 0 Å². The van der Waals surface area contributed by atoms with Gasteiger partial charge in [0.25, 0.3) is 0 Å². The normalized spacial score (nSPS) is 10.2. The number of ether oxygens (including phenoxy) is 1. The topological polar surface area (TPSA) is 148 Å². The molecule has 0 fully saturated rings. The van der Waals surface area contributed by atoms with Crippen LogP contribution in [0.15, 0.2) is 48.5 Å². The third-order valence-electron chi connectivity index (χ3n) is 3.00. The van der Waals surface area contributed by atoms with E-state index in [1.54, 1.807) is 12.1 Å². The molecule has 0 bridgehead atoms. The zero-order valence-corrected chi connectivity index (χ0v) is 14.8. The fraction of sp³-hybridized carbons (Fsp3) is 0.250. The molecule has 2 rings (SSSR count). The van der Waals surface area contributed by atoms with Gasteiger partial charge in [0.1, 0.15) is 11.5 Å². The zero-order valence-electron chi connectivity index (χ0n) is 13.4. The van der Waals surface area contributed by atoms with E-state index in [9.17, 15) is 0 Å². The van der Waals surface area contributed by atoms with Crippen molar-refractivity contribution in [2.75, 3.05) is 31.3 Å². The Morgan fingerprint density at radius 2 is 1.08 bits per heavy atom. The number of para-hydroxylation sites is 4. The minimum absolute atomic E-state index is 0. The van der Waals surface area contributed by atoms with Gasteiger partial charge < -0.3 is 37.3 Å². The summed E-state index contributed by atoms with van der Waals surface area (Å²) in [6.45, 7) is -1.21. The van der Waals surface area contributed by atoms with Crippen molar-refractivity contribution in [1.29, 1.82) is 0 Å². The minimum Gasteiger partial charge on any atom is -0.453 e. The van der Waals surface area contributed by atoms with E-state index in [0.717, 1.165) is 0 Å². The number of anilines is 2. The Hall–Kier alpha value is -1.89. The summed E-state index contributed by atoms with van der Waals surface area (Å²) in [5.41, 5.74) is 16.6. The van der Waals surface area contributed by atoms with Gasteiger partial charge in [-0.2, -0.15) is 9.90 Å². The van der Waals surface area contributed by atoms with Gasteiger partial charge >= 0.3 is 0 Å². The predicted octanol–water partition coefficient (Wildman–Crippen LogP) is 0.362. The van der Waals surface area contributed by atoms with Crippen LogP contribution < -0.4 is 21.9 Å². The highest BCUT2D eigenvalue weighted by atomic mass is 31.0. The molecule has 0 amide bonds. The Kier molecular flexibility index (Phi) is 9.95. The van der Waals surface area contributed by atoms with Gasteiger partial charge in [-0.15, -0.1) is 0 Å². The minimum atomic E-state index is -1.21. The first-order valence-electron chi connectivity index (χ1n) is 6.94. The first-order valence-corrected chi connectivity index (χ1v) is 6.94. The van der Waals surface area contributed by atoms with Gasteiger partial charge in [-0.1, -0.05) is 24.3 Å². The molecular formula is C16H26N3O4P. The highest BCUT2D eigenvalue weighted by Gasteiger charge is 2.20. The van der Waals surface area contributed by atoms with E-state index in [1.807, 2.05) is 36.4 Å². The molecule has 0 aliphatic rings. The van der Waals surface area contributed by atoms with Gasteiger partial charge in [-0.05, 0) is 24.3 Å². The maximum absolute atomic E-state index is 8.34. The van der Waals surface area contributed by atoms with Crippen LogP contribution >= 0.6 is 9.90 Å². The Bertz CT molecular complexity index is 558. The first-order chi connectivity index (χ1) is 11.0. The fourth-order valence-electron chi connectivity index (χ4n) is 1.42. The molecule has 1 unspecified atom stereocenters. The van der Waals surface area contributed by atoms with Crippen LogP contribution in [0.5, 0.6) is 11.5 Å². The molecule has 0 radical (unpaired) electrons. The van der Waals surface area contributed by atoms with E-state index in [-0.39, 0.29) is 9.90 Å². The lowest BCUT2D eigenvalue weighted by atomic mass is 10.1. The highest BCUT2D eigenvalue weighted by Crippen LogP contribution is 2.30. The summed E-state index contributed by atoms with van der Waals surface area (Å²) in [5, 5.41) is 25.0. The number of rotatable bonds is 5. The molecular weight excluding hydrogens is 329 g/mol. The number of aliphatic hydroxyl groups excluding tert-OH is 3. The van der Waals surface area contributed by atoms with Crippen LogP contribution in [0.2, 0.25) is 0 Å². The summed E-state index contributed by atoms with van der Waals surface area (Å²) < 4.78 is 5.59. The number of aliphatic hydroxyl groups is 3. The maximum Gasteiger partial charge on any atom is 0.150 e. The van der Waals surface area contributed by atoms with E-state index < -0.39 is 25.4 Å². The van der Waals surface area contributed by atoms with Crippen molar-refractivity contribution >= 4 is 21.3 Å². The van der Waals surface area contributed by atoms with Crippen LogP contribution in [0.25, 0.3) is 0 Å². The molecule has 0 aliphatic carbocycles. The predicted molar refractivity (Wildman–Crippen MR) is 101 cm³/mol. The molecule has 0 spiro atoms. The molecule has 0 heterocycles. The third-order valence-corrected chi connectivity index (χ3v) is 3.00. The molecule has 8 heteroatoms. The van der Waals surface area contributed by atoms with Crippen molar-refractivity contribution in [2.45, 2.75) is 5.54 Å². The molecule has 0 aromatic heterocycles. The number of hydrogen-bond acceptors (Lipinski definition) is 7. The average Bonchev–Trinajstić information content (AvgIpc) is 2.59. The van der Waals surface area contributed by atoms with Crippen molar-refractivity contribution in [2.24, 2.45) is 5.73 Å². The fourth-order valence-corrected chi connectivity index (χ4v) is 1.42. The van der Waals surface area contributed by atoms with Gasteiger partial charge in [0.2, 0.25) is 0 Å². The maximum atomic E-state index is 8.34. The SMILES string of the molecule is NC(CO)(CO)CO.Nc1ccccc1Oc1ccccc1N.P. The molecule has 0 aliphatic heterocycles. The summed E-state index contributed by atoms with van der Waals surface area (Å²) >= 11 is 0. The van der Waals surface area contributed by atoms with Gasteiger partial charge in [-0.25, -0.2) is 0 Å². The molecule has 7 nitrogen and oxygen atoms in total. The summed E-state index contributed by atoms with van der Waals surface area (Å²) in [4.78, 5) is 0. The Morgan fingerprint density at radius 3 is 1.33 bits per heavy atom. The van der Waals surface area contributed by atoms with Crippen molar-refractivity contribution in [1.82, 2.24) is 0 Å². The van der Waals surface area contributed by atoms with Crippen LogP contribution in [-0.2, 0) is 0 Å². The molecule has 24 heavy (non-hydrogen) atoms. The van der Waals surface area contributed by atoms with E-state index in [1.165, 1.54) is 0 Å². The Labute approximate surface area is 144 Å². The van der Waals surface area contributed by atoms with Gasteiger partial charge in [-0.3, -0.25) is 0 Å². The molecule has 2 aromatic carbocycles. The lowest BCUT2D eigenvalue weighted by molar-refractivity contribution is 0.0698. The van der Waals surface area contributed by atoms with Gasteiger partial charge in [0, 0.05) is 0 Å². The number of nitrogens with two attached hydrogens (primary N) is 3. The molecule has 134 valence electrons. The monoisotopic (exact) mass is 355 g/mol. The van der Waals surface area contributed by atoms with Crippen molar-refractivity contribution in [3.8, 4) is 11.5 Å². The quantitative estimate of drug-likeness (QED) is 0.335.